The molecular weight excluding hydrogens is 503 g/mol. The Bertz CT molecular complexity index is 1300. The van der Waals surface area contributed by atoms with Crippen LogP contribution >= 0.6 is 34.8 Å². The number of hydrogen-bond acceptors (Lipinski definition) is 5. The second-order valence-electron chi connectivity index (χ2n) is 7.51. The quantitative estimate of drug-likeness (QED) is 0.434. The molecule has 0 aromatic heterocycles. The summed E-state index contributed by atoms with van der Waals surface area (Å²) < 4.78 is 28.5. The minimum atomic E-state index is -3.76. The maximum atomic E-state index is 12.9. The molecular formula is C23H21Cl3N4O2S. The van der Waals surface area contributed by atoms with Gasteiger partial charge in [-0.3, -0.25) is 5.01 Å². The van der Waals surface area contributed by atoms with E-state index in [-0.39, 0.29) is 24.0 Å². The number of anilines is 1. The van der Waals surface area contributed by atoms with Gasteiger partial charge in [0.2, 0.25) is 10.0 Å². The maximum absolute atomic E-state index is 12.9. The Morgan fingerprint density at radius 3 is 2.39 bits per heavy atom. The van der Waals surface area contributed by atoms with Gasteiger partial charge in [0.1, 0.15) is 0 Å². The van der Waals surface area contributed by atoms with Crippen molar-refractivity contribution in [2.75, 3.05) is 11.6 Å². The van der Waals surface area contributed by atoms with Crippen LogP contribution < -0.4 is 15.5 Å². The largest absolute Gasteiger partial charge is 0.326 e. The standard InChI is InChI=1S/C23H21Cl3N4O2S/c24-17-7-5-15(6-8-17)22-12-19(29-30(22)21-10-9-18(25)11-20(21)26)14-28-33(31,32)23-4-2-1-3-16(23)13-27/h1-11,22,28H,12-14,27H2. The Hall–Kier alpha value is -2.13. The summed E-state index contributed by atoms with van der Waals surface area (Å²) in [6.45, 7) is 0.173. The number of hydrazone groups is 1. The molecule has 0 radical (unpaired) electrons. The predicted octanol–water partition coefficient (Wildman–Crippen LogP) is 5.39. The van der Waals surface area contributed by atoms with Crippen LogP contribution in [0, 0.1) is 0 Å². The lowest BCUT2D eigenvalue weighted by molar-refractivity contribution is 0.585. The van der Waals surface area contributed by atoms with E-state index in [4.69, 9.17) is 45.6 Å². The summed E-state index contributed by atoms with van der Waals surface area (Å²) in [4.78, 5) is 0.165. The van der Waals surface area contributed by atoms with Gasteiger partial charge in [0.15, 0.2) is 0 Å². The molecule has 0 aliphatic carbocycles. The van der Waals surface area contributed by atoms with Gasteiger partial charge in [0.25, 0.3) is 0 Å². The first-order valence-corrected chi connectivity index (χ1v) is 12.7. The normalized spacial score (nSPS) is 16.2. The molecule has 0 spiro atoms. The van der Waals surface area contributed by atoms with Crippen molar-refractivity contribution in [1.82, 2.24) is 4.72 Å². The molecule has 3 N–H and O–H groups in total. The average Bonchev–Trinajstić information content (AvgIpc) is 3.22. The van der Waals surface area contributed by atoms with Crippen molar-refractivity contribution in [3.63, 3.8) is 0 Å². The summed E-state index contributed by atoms with van der Waals surface area (Å²) in [6.07, 6.45) is 0.502. The molecule has 1 heterocycles. The second kappa shape index (κ2) is 10.0. The minimum Gasteiger partial charge on any atom is -0.326 e. The molecule has 0 amide bonds. The highest BCUT2D eigenvalue weighted by Crippen LogP contribution is 2.39. The van der Waals surface area contributed by atoms with Gasteiger partial charge in [-0.1, -0.05) is 65.1 Å². The molecule has 172 valence electrons. The Morgan fingerprint density at radius 1 is 1.00 bits per heavy atom. The summed E-state index contributed by atoms with van der Waals surface area (Å²) in [5, 5.41) is 8.09. The molecule has 33 heavy (non-hydrogen) atoms. The third-order valence-electron chi connectivity index (χ3n) is 5.33. The number of nitrogens with two attached hydrogens (primary N) is 1. The second-order valence-corrected chi connectivity index (χ2v) is 10.5. The Labute approximate surface area is 208 Å². The fraction of sp³-hybridized carbons (Fsp3) is 0.174. The SMILES string of the molecule is NCc1ccccc1S(=O)(=O)NCC1=NN(c2ccc(Cl)cc2Cl)C(c2ccc(Cl)cc2)C1. The van der Waals surface area contributed by atoms with E-state index in [9.17, 15) is 8.42 Å². The first-order chi connectivity index (χ1) is 15.8. The third-order valence-corrected chi connectivity index (χ3v) is 7.62. The Balaban J connectivity index is 1.62. The maximum Gasteiger partial charge on any atom is 0.241 e. The molecule has 0 saturated carbocycles. The first-order valence-electron chi connectivity index (χ1n) is 10.1. The molecule has 10 heteroatoms. The van der Waals surface area contributed by atoms with Crippen LogP contribution in [-0.4, -0.2) is 20.7 Å². The van der Waals surface area contributed by atoms with Gasteiger partial charge in [-0.15, -0.1) is 0 Å². The molecule has 1 aliphatic heterocycles. The van der Waals surface area contributed by atoms with E-state index in [2.05, 4.69) is 4.72 Å². The number of hydrogen-bond donors (Lipinski definition) is 2. The van der Waals surface area contributed by atoms with Crippen LogP contribution in [0.4, 0.5) is 5.69 Å². The lowest BCUT2D eigenvalue weighted by Crippen LogP contribution is -2.30. The summed E-state index contributed by atoms with van der Waals surface area (Å²) in [5.74, 6) is 0. The van der Waals surface area contributed by atoms with Crippen LogP contribution in [0.15, 0.2) is 76.7 Å². The zero-order valence-corrected chi connectivity index (χ0v) is 20.5. The van der Waals surface area contributed by atoms with Crippen molar-refractivity contribution in [2.45, 2.75) is 23.9 Å². The number of halogens is 3. The van der Waals surface area contributed by atoms with Crippen molar-refractivity contribution in [1.29, 1.82) is 0 Å². The van der Waals surface area contributed by atoms with Crippen molar-refractivity contribution in [3.8, 4) is 0 Å². The molecule has 0 bridgehead atoms. The van der Waals surface area contributed by atoms with Gasteiger partial charge in [0.05, 0.1) is 33.9 Å². The zero-order chi connectivity index (χ0) is 23.6. The van der Waals surface area contributed by atoms with Gasteiger partial charge in [-0.2, -0.15) is 5.10 Å². The number of rotatable bonds is 7. The zero-order valence-electron chi connectivity index (χ0n) is 17.4. The first kappa shape index (κ1) is 24.0. The summed E-state index contributed by atoms with van der Waals surface area (Å²) in [6, 6.07) is 19.1. The van der Waals surface area contributed by atoms with E-state index in [0.717, 1.165) is 5.56 Å². The van der Waals surface area contributed by atoms with E-state index < -0.39 is 10.0 Å². The van der Waals surface area contributed by atoms with Gasteiger partial charge in [-0.05, 0) is 47.5 Å². The number of nitrogens with one attached hydrogen (secondary N) is 1. The summed E-state index contributed by atoms with van der Waals surface area (Å²) >= 11 is 18.6. The molecule has 3 aromatic rings. The highest BCUT2D eigenvalue weighted by molar-refractivity contribution is 7.89. The third kappa shape index (κ3) is 5.35. The van der Waals surface area contributed by atoms with E-state index in [1.807, 2.05) is 24.3 Å². The van der Waals surface area contributed by atoms with Gasteiger partial charge >= 0.3 is 0 Å². The minimum absolute atomic E-state index is 0.0486. The molecule has 1 atom stereocenters. The van der Waals surface area contributed by atoms with Crippen molar-refractivity contribution in [3.05, 3.63) is 92.9 Å². The molecule has 0 fully saturated rings. The molecule has 6 nitrogen and oxygen atoms in total. The monoisotopic (exact) mass is 522 g/mol. The summed E-state index contributed by atoms with van der Waals surface area (Å²) in [5.41, 5.74) is 8.57. The van der Waals surface area contributed by atoms with Crippen LogP contribution in [0.3, 0.4) is 0 Å². The van der Waals surface area contributed by atoms with Gasteiger partial charge < -0.3 is 5.73 Å². The van der Waals surface area contributed by atoms with E-state index >= 15 is 0 Å². The molecule has 1 unspecified atom stereocenters. The smallest absolute Gasteiger partial charge is 0.241 e. The highest BCUT2D eigenvalue weighted by atomic mass is 35.5. The average molecular weight is 524 g/mol. The number of sulfonamides is 1. The van der Waals surface area contributed by atoms with Crippen LogP contribution in [0.1, 0.15) is 23.6 Å². The van der Waals surface area contributed by atoms with E-state index in [1.54, 1.807) is 41.4 Å². The van der Waals surface area contributed by atoms with Crippen LogP contribution in [0.25, 0.3) is 0 Å². The van der Waals surface area contributed by atoms with E-state index in [1.165, 1.54) is 6.07 Å². The molecule has 3 aromatic carbocycles. The molecule has 0 saturated heterocycles. The number of nitrogens with zero attached hydrogens (tertiary/aromatic N) is 2. The van der Waals surface area contributed by atoms with Gasteiger partial charge in [-0.25, -0.2) is 13.1 Å². The predicted molar refractivity (Wildman–Crippen MR) is 135 cm³/mol. The van der Waals surface area contributed by atoms with Crippen LogP contribution in [0.5, 0.6) is 0 Å². The summed E-state index contributed by atoms with van der Waals surface area (Å²) in [7, 11) is -3.76. The lowest BCUT2D eigenvalue weighted by Gasteiger charge is -2.25. The van der Waals surface area contributed by atoms with E-state index in [0.29, 0.717) is 38.5 Å². The lowest BCUT2D eigenvalue weighted by atomic mass is 10.0. The fourth-order valence-corrected chi connectivity index (χ4v) is 5.59. The van der Waals surface area contributed by atoms with Crippen molar-refractivity contribution < 1.29 is 8.42 Å². The highest BCUT2D eigenvalue weighted by Gasteiger charge is 2.31. The molecule has 4 rings (SSSR count). The van der Waals surface area contributed by atoms with Crippen LogP contribution in [0.2, 0.25) is 15.1 Å². The van der Waals surface area contributed by atoms with Crippen LogP contribution in [-0.2, 0) is 16.6 Å². The van der Waals surface area contributed by atoms with Crippen molar-refractivity contribution >= 4 is 56.2 Å². The van der Waals surface area contributed by atoms with Crippen molar-refractivity contribution in [2.24, 2.45) is 10.8 Å². The molecule has 1 aliphatic rings. The van der Waals surface area contributed by atoms with Gasteiger partial charge in [0, 0.05) is 23.0 Å². The Kier molecular flexibility index (Phi) is 7.28. The Morgan fingerprint density at radius 2 is 1.70 bits per heavy atom. The topological polar surface area (TPSA) is 87.8 Å². The fourth-order valence-electron chi connectivity index (χ4n) is 3.70. The number of benzene rings is 3.